The molecule has 0 unspecified atom stereocenters. The fourth-order valence-electron chi connectivity index (χ4n) is 10.8. The average Bonchev–Trinajstić information content (AvgIpc) is 3.94. The van der Waals surface area contributed by atoms with Crippen LogP contribution in [0.25, 0.3) is 49.3 Å². The number of fused-ring (bicyclic) bond motifs is 11. The molecule has 0 amide bonds. The predicted octanol–water partition coefficient (Wildman–Crippen LogP) is 15.2. The summed E-state index contributed by atoms with van der Waals surface area (Å²) < 4.78 is 2.70. The highest BCUT2D eigenvalue weighted by Gasteiger charge is 2.47. The van der Waals surface area contributed by atoms with Gasteiger partial charge in [0.25, 0.3) is 0 Å². The molecule has 8 aromatic carbocycles. The zero-order valence-corrected chi connectivity index (χ0v) is 33.7. The minimum absolute atomic E-state index is 0.213. The first-order valence-corrected chi connectivity index (χ1v) is 20.8. The second-order valence-electron chi connectivity index (χ2n) is 17.4. The molecule has 0 saturated carbocycles. The first kappa shape index (κ1) is 34.0. The third-order valence-electron chi connectivity index (χ3n) is 13.3. The molecule has 2 heterocycles. The molecule has 2 aromatic heterocycles. The van der Waals surface area contributed by atoms with Crippen LogP contribution in [0.15, 0.2) is 188 Å². The Morgan fingerprint density at radius 1 is 0.356 bits per heavy atom. The second-order valence-corrected chi connectivity index (χ2v) is 17.4. The lowest BCUT2D eigenvalue weighted by Crippen LogP contribution is -2.23. The van der Waals surface area contributed by atoms with Gasteiger partial charge in [-0.1, -0.05) is 131 Å². The van der Waals surface area contributed by atoms with Crippen molar-refractivity contribution in [3.05, 3.63) is 211 Å². The summed E-state index contributed by atoms with van der Waals surface area (Å²) in [5.41, 5.74) is 18.8. The van der Waals surface area contributed by atoms with E-state index in [9.17, 15) is 0 Å². The van der Waals surface area contributed by atoms with Crippen LogP contribution in [-0.4, -0.2) is 4.40 Å². The Balaban J connectivity index is 1.05. The van der Waals surface area contributed by atoms with Crippen LogP contribution in [0, 0.1) is 0 Å². The summed E-state index contributed by atoms with van der Waals surface area (Å²) in [6.07, 6.45) is 0. The lowest BCUT2D eigenvalue weighted by molar-refractivity contribution is 0.588. The van der Waals surface area contributed by atoms with Gasteiger partial charge in [0.05, 0.1) is 5.52 Å². The molecule has 0 aliphatic heterocycles. The zero-order valence-electron chi connectivity index (χ0n) is 33.7. The Kier molecular flexibility index (Phi) is 7.03. The number of aromatic nitrogens is 1. The molecule has 12 rings (SSSR count). The summed E-state index contributed by atoms with van der Waals surface area (Å²) >= 11 is 0. The summed E-state index contributed by atoms with van der Waals surface area (Å²) in [6, 6.07) is 69.0. The van der Waals surface area contributed by atoms with E-state index in [2.05, 4.69) is 230 Å². The molecule has 2 aliphatic rings. The van der Waals surface area contributed by atoms with Crippen molar-refractivity contribution in [2.24, 2.45) is 0 Å². The third kappa shape index (κ3) is 4.70. The van der Waals surface area contributed by atoms with Crippen LogP contribution in [0.3, 0.4) is 0 Å². The van der Waals surface area contributed by atoms with Gasteiger partial charge in [0.1, 0.15) is 0 Å². The van der Waals surface area contributed by atoms with E-state index in [0.29, 0.717) is 0 Å². The summed E-state index contributed by atoms with van der Waals surface area (Å²) in [7, 11) is 0. The van der Waals surface area contributed by atoms with Gasteiger partial charge >= 0.3 is 0 Å². The van der Waals surface area contributed by atoms with E-state index >= 15 is 0 Å². The lowest BCUT2D eigenvalue weighted by Gasteiger charge is -2.28. The van der Waals surface area contributed by atoms with Crippen LogP contribution in [0.2, 0.25) is 0 Å². The molecule has 0 spiro atoms. The summed E-state index contributed by atoms with van der Waals surface area (Å²) in [4.78, 5) is 4.74. The van der Waals surface area contributed by atoms with Gasteiger partial charge in [-0.15, -0.1) is 0 Å². The van der Waals surface area contributed by atoms with Gasteiger partial charge in [0.2, 0.25) is 0 Å². The first-order chi connectivity index (χ1) is 28.8. The van der Waals surface area contributed by atoms with E-state index in [1.807, 2.05) is 0 Å². The summed E-state index contributed by atoms with van der Waals surface area (Å²) in [5, 5.41) is 5.20. The van der Waals surface area contributed by atoms with Crippen LogP contribution in [-0.2, 0) is 10.8 Å². The van der Waals surface area contributed by atoms with E-state index in [1.54, 1.807) is 0 Å². The maximum absolute atomic E-state index is 2.70. The van der Waals surface area contributed by atoms with Crippen LogP contribution >= 0.6 is 0 Å². The van der Waals surface area contributed by atoms with Gasteiger partial charge in [-0.25, -0.2) is 0 Å². The van der Waals surface area contributed by atoms with Gasteiger partial charge in [-0.2, -0.15) is 0 Å². The van der Waals surface area contributed by atoms with Crippen molar-refractivity contribution in [3.63, 3.8) is 0 Å². The number of anilines is 6. The molecule has 0 N–H and O–H groups in total. The Bertz CT molecular complexity index is 3170. The fraction of sp³-hybridized carbons (Fsp3) is 0.107. The number of para-hydroxylation sites is 5. The molecule has 0 radical (unpaired) electrons. The monoisotopic (exact) mass is 757 g/mol. The molecular weight excluding hydrogens is 715 g/mol. The molecule has 282 valence electrons. The van der Waals surface area contributed by atoms with E-state index in [-0.39, 0.29) is 10.8 Å². The molecule has 2 aliphatic carbocycles. The molecule has 0 atom stereocenters. The Hall–Kier alpha value is -7.10. The second kappa shape index (κ2) is 12.2. The van der Waals surface area contributed by atoms with Gasteiger partial charge < -0.3 is 14.2 Å². The van der Waals surface area contributed by atoms with Crippen molar-refractivity contribution in [3.8, 4) is 22.3 Å². The quantitative estimate of drug-likeness (QED) is 0.167. The van der Waals surface area contributed by atoms with Crippen molar-refractivity contribution in [1.82, 2.24) is 4.40 Å². The average molecular weight is 758 g/mol. The standard InChI is InChI=1S/C56H43N3/c1-55(2)48-31-30-43(58(40-22-13-7-14-23-40)41-24-15-8-16-25-41)35-47(48)51-45-27-17-26-44-50-46-33-36-28-29-42(57(38-18-9-5-10-19-38)39-20-11-6-12-21-39)32-37(36)34-49(46)56(3,4)54(50)59(52(44)45)53(51)55/h5-35H,1-4H3. The van der Waals surface area contributed by atoms with Gasteiger partial charge in [0, 0.05) is 78.2 Å². The van der Waals surface area contributed by atoms with Crippen LogP contribution < -0.4 is 9.80 Å². The summed E-state index contributed by atoms with van der Waals surface area (Å²) in [6.45, 7) is 9.75. The van der Waals surface area contributed by atoms with Crippen molar-refractivity contribution in [2.45, 2.75) is 38.5 Å². The number of hydrogen-bond donors (Lipinski definition) is 0. The fourth-order valence-corrected chi connectivity index (χ4v) is 10.8. The van der Waals surface area contributed by atoms with E-state index in [4.69, 9.17) is 0 Å². The first-order valence-electron chi connectivity index (χ1n) is 20.8. The highest BCUT2D eigenvalue weighted by atomic mass is 15.1. The molecule has 59 heavy (non-hydrogen) atoms. The molecule has 0 fully saturated rings. The number of benzene rings is 8. The van der Waals surface area contributed by atoms with E-state index < -0.39 is 0 Å². The molecule has 3 nitrogen and oxygen atoms in total. The van der Waals surface area contributed by atoms with Crippen LogP contribution in [0.5, 0.6) is 0 Å². The largest absolute Gasteiger partial charge is 0.314 e. The normalized spacial score (nSPS) is 14.4. The van der Waals surface area contributed by atoms with Crippen LogP contribution in [0.1, 0.15) is 50.2 Å². The summed E-state index contributed by atoms with van der Waals surface area (Å²) in [5.74, 6) is 0. The van der Waals surface area contributed by atoms with Crippen molar-refractivity contribution >= 4 is 61.2 Å². The van der Waals surface area contributed by atoms with E-state index in [1.165, 1.54) is 71.8 Å². The Morgan fingerprint density at radius 3 is 1.31 bits per heavy atom. The number of hydrogen-bond acceptors (Lipinski definition) is 2. The number of nitrogens with zero attached hydrogens (tertiary/aromatic N) is 3. The molecule has 3 heteroatoms. The molecule has 10 aromatic rings. The maximum atomic E-state index is 2.70. The van der Waals surface area contributed by atoms with Crippen LogP contribution in [0.4, 0.5) is 34.1 Å². The highest BCUT2D eigenvalue weighted by molar-refractivity contribution is 6.17. The Morgan fingerprint density at radius 2 is 0.797 bits per heavy atom. The van der Waals surface area contributed by atoms with Crippen molar-refractivity contribution in [2.75, 3.05) is 9.80 Å². The smallest absolute Gasteiger partial charge is 0.0615 e. The number of rotatable bonds is 6. The lowest BCUT2D eigenvalue weighted by atomic mass is 9.83. The maximum Gasteiger partial charge on any atom is 0.0615 e. The SMILES string of the molecule is CC1(C)c2ccc(N(c3ccccc3)c3ccccc3)cc2-c2c1n1c3c(c4cccc2c41)-c1cc2ccc(N(c4ccccc4)c4ccccc4)cc2cc1C3(C)C. The zero-order chi connectivity index (χ0) is 39.6. The van der Waals surface area contributed by atoms with Gasteiger partial charge in [0.15, 0.2) is 0 Å². The third-order valence-corrected chi connectivity index (χ3v) is 13.3. The van der Waals surface area contributed by atoms with E-state index in [0.717, 1.165) is 34.1 Å². The highest BCUT2D eigenvalue weighted by Crippen LogP contribution is 2.61. The topological polar surface area (TPSA) is 10.9 Å². The van der Waals surface area contributed by atoms with Gasteiger partial charge in [-0.05, 0) is 118 Å². The van der Waals surface area contributed by atoms with Gasteiger partial charge in [-0.3, -0.25) is 0 Å². The minimum atomic E-state index is -0.237. The van der Waals surface area contributed by atoms with Crippen molar-refractivity contribution < 1.29 is 0 Å². The Labute approximate surface area is 345 Å². The molecule has 0 saturated heterocycles. The molecule has 0 bridgehead atoms. The minimum Gasteiger partial charge on any atom is -0.314 e. The molecular formula is C56H43N3. The predicted molar refractivity (Wildman–Crippen MR) is 248 cm³/mol. The van der Waals surface area contributed by atoms with Crippen molar-refractivity contribution in [1.29, 1.82) is 0 Å².